The fourth-order valence-corrected chi connectivity index (χ4v) is 3.28. The summed E-state index contributed by atoms with van der Waals surface area (Å²) in [6.45, 7) is 12.9. The van der Waals surface area contributed by atoms with E-state index in [-0.39, 0.29) is 12.1 Å². The number of carbonyl (C=O) groups excluding carboxylic acids is 1. The molecule has 136 valence electrons. The number of aryl methyl sites for hydroxylation is 2. The Morgan fingerprint density at radius 1 is 1.42 bits per heavy atom. The molecule has 7 nitrogen and oxygen atoms in total. The predicted molar refractivity (Wildman–Crippen MR) is 92.0 cm³/mol. The second-order valence-electron chi connectivity index (χ2n) is 7.37. The van der Waals surface area contributed by atoms with Crippen LogP contribution in [0.3, 0.4) is 0 Å². The van der Waals surface area contributed by atoms with E-state index in [4.69, 9.17) is 4.52 Å². The average molecular weight is 338 g/mol. The van der Waals surface area contributed by atoms with Gasteiger partial charge in [0.2, 0.25) is 0 Å². The molecule has 1 atom stereocenters. The van der Waals surface area contributed by atoms with Crippen molar-refractivity contribution in [2.24, 2.45) is 0 Å². The minimum atomic E-state index is -0.710. The van der Waals surface area contributed by atoms with E-state index >= 15 is 0 Å². The number of β-amino-alcohol motifs (C(OH)–C–C–N with tert-alkyl or cyclic N) is 1. The molecule has 1 fully saturated rings. The summed E-state index contributed by atoms with van der Waals surface area (Å²) in [7, 11) is 0. The van der Waals surface area contributed by atoms with Gasteiger partial charge >= 0.3 is 6.03 Å². The number of amides is 2. The van der Waals surface area contributed by atoms with Crippen molar-refractivity contribution in [1.82, 2.24) is 20.3 Å². The highest BCUT2D eigenvalue weighted by molar-refractivity contribution is 5.74. The van der Waals surface area contributed by atoms with Crippen LogP contribution in [0.1, 0.15) is 37.8 Å². The second kappa shape index (κ2) is 7.53. The zero-order valence-corrected chi connectivity index (χ0v) is 15.4. The summed E-state index contributed by atoms with van der Waals surface area (Å²) in [6.07, 6.45) is 0.722. The normalized spacial score (nSPS) is 19.6. The Morgan fingerprint density at radius 3 is 2.67 bits per heavy atom. The Bertz CT molecular complexity index is 545. The van der Waals surface area contributed by atoms with Crippen LogP contribution in [-0.4, -0.2) is 70.5 Å². The van der Waals surface area contributed by atoms with Crippen LogP contribution < -0.4 is 5.32 Å². The van der Waals surface area contributed by atoms with Crippen LogP contribution in [-0.2, 0) is 6.42 Å². The molecule has 1 aromatic rings. The van der Waals surface area contributed by atoms with Crippen LogP contribution in [0.25, 0.3) is 0 Å². The first-order valence-corrected chi connectivity index (χ1v) is 8.58. The Hall–Kier alpha value is -1.60. The lowest BCUT2D eigenvalue weighted by Crippen LogP contribution is -2.58. The largest absolute Gasteiger partial charge is 0.389 e. The minimum absolute atomic E-state index is 0.0304. The fraction of sp³-hybridized carbons (Fsp3) is 0.765. The van der Waals surface area contributed by atoms with Crippen LogP contribution >= 0.6 is 0 Å². The quantitative estimate of drug-likeness (QED) is 0.846. The van der Waals surface area contributed by atoms with Crippen molar-refractivity contribution in [3.05, 3.63) is 17.0 Å². The molecule has 2 heterocycles. The van der Waals surface area contributed by atoms with Crippen LogP contribution in [0.2, 0.25) is 0 Å². The standard InChI is InChI=1S/C17H30N4O3/c1-12-10-20(11-17(4,5)23)8-9-21(12)16(22)18-7-6-15-13(2)19-24-14(15)3/h12,23H,6-11H2,1-5H3,(H,18,22)/t12-/m1/s1. The number of nitrogens with zero attached hydrogens (tertiary/aromatic N) is 3. The van der Waals surface area contributed by atoms with Crippen molar-refractivity contribution < 1.29 is 14.4 Å². The van der Waals surface area contributed by atoms with E-state index in [1.807, 2.05) is 39.5 Å². The van der Waals surface area contributed by atoms with Crippen LogP contribution in [0.5, 0.6) is 0 Å². The highest BCUT2D eigenvalue weighted by atomic mass is 16.5. The molecule has 1 aliphatic rings. The molecule has 0 radical (unpaired) electrons. The summed E-state index contributed by atoms with van der Waals surface area (Å²) < 4.78 is 5.14. The topological polar surface area (TPSA) is 81.8 Å². The SMILES string of the molecule is Cc1noc(C)c1CCNC(=O)N1CCN(CC(C)(C)O)C[C@H]1C. The molecular weight excluding hydrogens is 308 g/mol. The zero-order valence-electron chi connectivity index (χ0n) is 15.4. The van der Waals surface area contributed by atoms with Gasteiger partial charge in [0.25, 0.3) is 0 Å². The first kappa shape index (κ1) is 18.7. The number of rotatable bonds is 5. The van der Waals surface area contributed by atoms with E-state index in [1.54, 1.807) is 0 Å². The minimum Gasteiger partial charge on any atom is -0.389 e. The summed E-state index contributed by atoms with van der Waals surface area (Å²) in [5.74, 6) is 0.815. The maximum Gasteiger partial charge on any atom is 0.317 e. The number of hydrogen-bond acceptors (Lipinski definition) is 5. The number of urea groups is 1. The third-order valence-corrected chi connectivity index (χ3v) is 4.42. The van der Waals surface area contributed by atoms with E-state index in [0.717, 1.165) is 36.5 Å². The number of hydrogen-bond donors (Lipinski definition) is 2. The molecule has 1 saturated heterocycles. The number of carbonyl (C=O) groups is 1. The number of aliphatic hydroxyl groups is 1. The van der Waals surface area contributed by atoms with Gasteiger partial charge < -0.3 is 19.8 Å². The highest BCUT2D eigenvalue weighted by Crippen LogP contribution is 2.14. The van der Waals surface area contributed by atoms with Gasteiger partial charge in [-0.15, -0.1) is 0 Å². The predicted octanol–water partition coefficient (Wildman–Crippen LogP) is 1.32. The molecule has 7 heteroatoms. The molecule has 1 aromatic heterocycles. The smallest absolute Gasteiger partial charge is 0.317 e. The zero-order chi connectivity index (χ0) is 17.9. The van der Waals surface area contributed by atoms with Crippen molar-refractivity contribution in [3.8, 4) is 0 Å². The van der Waals surface area contributed by atoms with Gasteiger partial charge in [0.05, 0.1) is 11.3 Å². The summed E-state index contributed by atoms with van der Waals surface area (Å²) in [5.41, 5.74) is 1.24. The lowest BCUT2D eigenvalue weighted by Gasteiger charge is -2.41. The molecule has 0 unspecified atom stereocenters. The van der Waals surface area contributed by atoms with E-state index < -0.39 is 5.60 Å². The summed E-state index contributed by atoms with van der Waals surface area (Å²) in [5, 5.41) is 16.9. The molecule has 2 rings (SSSR count). The molecule has 0 aliphatic carbocycles. The summed E-state index contributed by atoms with van der Waals surface area (Å²) in [6, 6.07) is 0.0948. The van der Waals surface area contributed by atoms with Gasteiger partial charge in [0.15, 0.2) is 0 Å². The maximum absolute atomic E-state index is 12.4. The molecule has 1 aliphatic heterocycles. The van der Waals surface area contributed by atoms with Crippen molar-refractivity contribution in [3.63, 3.8) is 0 Å². The number of nitrogens with one attached hydrogen (secondary N) is 1. The van der Waals surface area contributed by atoms with Gasteiger partial charge in [0.1, 0.15) is 5.76 Å². The maximum atomic E-state index is 12.4. The molecular formula is C17H30N4O3. The molecule has 2 amide bonds. The first-order chi connectivity index (χ1) is 11.2. The summed E-state index contributed by atoms with van der Waals surface area (Å²) >= 11 is 0. The lowest BCUT2D eigenvalue weighted by atomic mass is 10.1. The van der Waals surface area contributed by atoms with Gasteiger partial charge in [-0.3, -0.25) is 4.90 Å². The first-order valence-electron chi connectivity index (χ1n) is 8.58. The lowest BCUT2D eigenvalue weighted by molar-refractivity contribution is 0.0119. The fourth-order valence-electron chi connectivity index (χ4n) is 3.28. The van der Waals surface area contributed by atoms with E-state index in [2.05, 4.69) is 15.4 Å². The third kappa shape index (κ3) is 4.95. The number of piperazine rings is 1. The second-order valence-corrected chi connectivity index (χ2v) is 7.37. The van der Waals surface area contributed by atoms with E-state index in [9.17, 15) is 9.90 Å². The van der Waals surface area contributed by atoms with Crippen molar-refractivity contribution in [1.29, 1.82) is 0 Å². The molecule has 0 spiro atoms. The molecule has 0 saturated carbocycles. The van der Waals surface area contributed by atoms with Gasteiger partial charge in [-0.05, 0) is 41.0 Å². The van der Waals surface area contributed by atoms with Crippen LogP contribution in [0, 0.1) is 13.8 Å². The Labute approximate surface area is 144 Å². The monoisotopic (exact) mass is 338 g/mol. The summed E-state index contributed by atoms with van der Waals surface area (Å²) in [4.78, 5) is 16.5. The van der Waals surface area contributed by atoms with E-state index in [0.29, 0.717) is 19.6 Å². The van der Waals surface area contributed by atoms with Crippen LogP contribution in [0.4, 0.5) is 4.79 Å². The highest BCUT2D eigenvalue weighted by Gasteiger charge is 2.29. The molecule has 0 aromatic carbocycles. The molecule has 2 N–H and O–H groups in total. The van der Waals surface area contributed by atoms with Gasteiger partial charge in [-0.2, -0.15) is 0 Å². The number of aromatic nitrogens is 1. The van der Waals surface area contributed by atoms with Gasteiger partial charge in [-0.25, -0.2) is 4.79 Å². The van der Waals surface area contributed by atoms with Gasteiger partial charge in [0, 0.05) is 44.3 Å². The molecule has 0 bridgehead atoms. The Morgan fingerprint density at radius 2 is 2.12 bits per heavy atom. The van der Waals surface area contributed by atoms with Crippen molar-refractivity contribution in [2.75, 3.05) is 32.7 Å². The molecule has 24 heavy (non-hydrogen) atoms. The Kier molecular flexibility index (Phi) is 5.87. The van der Waals surface area contributed by atoms with Crippen molar-refractivity contribution >= 4 is 6.03 Å². The van der Waals surface area contributed by atoms with Crippen LogP contribution in [0.15, 0.2) is 4.52 Å². The Balaban J connectivity index is 1.79. The van der Waals surface area contributed by atoms with Gasteiger partial charge in [-0.1, -0.05) is 5.16 Å². The average Bonchev–Trinajstić information content (AvgIpc) is 2.77. The van der Waals surface area contributed by atoms with E-state index in [1.165, 1.54) is 0 Å². The van der Waals surface area contributed by atoms with Crippen molar-refractivity contribution in [2.45, 2.75) is 52.7 Å². The third-order valence-electron chi connectivity index (χ3n) is 4.42.